The van der Waals surface area contributed by atoms with Crippen molar-refractivity contribution < 1.29 is 19.4 Å². The van der Waals surface area contributed by atoms with Gasteiger partial charge in [0.1, 0.15) is 12.2 Å². The first-order valence-corrected chi connectivity index (χ1v) is 6.94. The standard InChI is InChI=1S/C15H19NO4/c1-2-3-4-8-13(17)16-9-10-20-14-11(15(18)19)6-5-7-12(14)16/h5-7H,2-4,8-10H2,1H3,(H,18,19). The summed E-state index contributed by atoms with van der Waals surface area (Å²) >= 11 is 0. The summed E-state index contributed by atoms with van der Waals surface area (Å²) in [7, 11) is 0. The highest BCUT2D eigenvalue weighted by molar-refractivity contribution is 5.99. The van der Waals surface area contributed by atoms with Gasteiger partial charge in [0.05, 0.1) is 12.2 Å². The van der Waals surface area contributed by atoms with Crippen LogP contribution in [0.25, 0.3) is 0 Å². The van der Waals surface area contributed by atoms with Crippen molar-refractivity contribution in [3.05, 3.63) is 23.8 Å². The predicted octanol–water partition coefficient (Wildman–Crippen LogP) is 2.69. The molecule has 2 rings (SSSR count). The van der Waals surface area contributed by atoms with E-state index in [9.17, 15) is 9.59 Å². The van der Waals surface area contributed by atoms with Crippen molar-refractivity contribution in [1.29, 1.82) is 0 Å². The summed E-state index contributed by atoms with van der Waals surface area (Å²) in [5.41, 5.74) is 0.672. The lowest BCUT2D eigenvalue weighted by molar-refractivity contribution is -0.119. The van der Waals surface area contributed by atoms with E-state index >= 15 is 0 Å². The lowest BCUT2D eigenvalue weighted by atomic mass is 10.1. The monoisotopic (exact) mass is 277 g/mol. The van der Waals surface area contributed by atoms with Crippen LogP contribution in [0.1, 0.15) is 43.0 Å². The third kappa shape index (κ3) is 2.92. The van der Waals surface area contributed by atoms with Crippen LogP contribution in [0.15, 0.2) is 18.2 Å². The number of carbonyl (C=O) groups excluding carboxylic acids is 1. The molecule has 0 aromatic heterocycles. The maximum atomic E-state index is 12.2. The molecule has 20 heavy (non-hydrogen) atoms. The fourth-order valence-corrected chi connectivity index (χ4v) is 2.34. The number of unbranched alkanes of at least 4 members (excludes halogenated alkanes) is 2. The molecule has 108 valence electrons. The van der Waals surface area contributed by atoms with E-state index in [1.807, 2.05) is 0 Å². The summed E-state index contributed by atoms with van der Waals surface area (Å²) in [6.07, 6.45) is 3.44. The van der Waals surface area contributed by atoms with Crippen LogP contribution in [0, 0.1) is 0 Å². The molecule has 0 bridgehead atoms. The molecule has 0 saturated heterocycles. The van der Waals surface area contributed by atoms with Crippen molar-refractivity contribution in [2.45, 2.75) is 32.6 Å². The van der Waals surface area contributed by atoms with E-state index in [4.69, 9.17) is 9.84 Å². The third-order valence-electron chi connectivity index (χ3n) is 3.37. The Morgan fingerprint density at radius 1 is 1.35 bits per heavy atom. The molecule has 0 fully saturated rings. The first kappa shape index (κ1) is 14.4. The maximum absolute atomic E-state index is 12.2. The summed E-state index contributed by atoms with van der Waals surface area (Å²) < 4.78 is 5.45. The SMILES string of the molecule is CCCCCC(=O)N1CCOc2c(C(=O)O)cccc21. The van der Waals surface area contributed by atoms with E-state index < -0.39 is 5.97 Å². The number of carboxylic acids is 1. The minimum absolute atomic E-state index is 0.0329. The number of carboxylic acid groups (broad SMARTS) is 1. The lowest BCUT2D eigenvalue weighted by Crippen LogP contribution is -2.38. The predicted molar refractivity (Wildman–Crippen MR) is 75.4 cm³/mol. The van der Waals surface area contributed by atoms with Crippen LogP contribution in [0.5, 0.6) is 5.75 Å². The number of para-hydroxylation sites is 1. The van der Waals surface area contributed by atoms with Gasteiger partial charge >= 0.3 is 5.97 Å². The second-order valence-corrected chi connectivity index (χ2v) is 4.81. The Kier molecular flexibility index (Phi) is 4.61. The smallest absolute Gasteiger partial charge is 0.339 e. The Morgan fingerprint density at radius 3 is 2.85 bits per heavy atom. The molecule has 5 heteroatoms. The molecule has 0 spiro atoms. The molecule has 1 aromatic rings. The first-order chi connectivity index (χ1) is 9.65. The number of nitrogens with zero attached hydrogens (tertiary/aromatic N) is 1. The molecule has 1 aliphatic heterocycles. The number of carbonyl (C=O) groups is 2. The van der Waals surface area contributed by atoms with E-state index in [0.717, 1.165) is 19.3 Å². The topological polar surface area (TPSA) is 66.8 Å². The van der Waals surface area contributed by atoms with E-state index in [1.54, 1.807) is 17.0 Å². The molecule has 0 radical (unpaired) electrons. The lowest BCUT2D eigenvalue weighted by Gasteiger charge is -2.30. The molecule has 1 aliphatic rings. The highest BCUT2D eigenvalue weighted by Gasteiger charge is 2.26. The number of ether oxygens (including phenoxy) is 1. The molecular formula is C15H19NO4. The second-order valence-electron chi connectivity index (χ2n) is 4.81. The van der Waals surface area contributed by atoms with Gasteiger partial charge in [0.15, 0.2) is 5.75 Å². The average Bonchev–Trinajstić information content (AvgIpc) is 2.46. The van der Waals surface area contributed by atoms with Crippen LogP contribution in [0.3, 0.4) is 0 Å². The summed E-state index contributed by atoms with van der Waals surface area (Å²) in [5.74, 6) is -0.706. The van der Waals surface area contributed by atoms with Crippen LogP contribution in [-0.4, -0.2) is 30.1 Å². The van der Waals surface area contributed by atoms with Gasteiger partial charge in [-0.3, -0.25) is 4.79 Å². The van der Waals surface area contributed by atoms with Gasteiger partial charge in [-0.1, -0.05) is 25.8 Å². The minimum atomic E-state index is -1.04. The van der Waals surface area contributed by atoms with Crippen LogP contribution >= 0.6 is 0 Å². The van der Waals surface area contributed by atoms with Crippen LogP contribution in [-0.2, 0) is 4.79 Å². The molecule has 1 aromatic carbocycles. The molecular weight excluding hydrogens is 258 g/mol. The van der Waals surface area contributed by atoms with E-state index in [-0.39, 0.29) is 11.5 Å². The van der Waals surface area contributed by atoms with Gasteiger partial charge in [0.2, 0.25) is 5.91 Å². The van der Waals surface area contributed by atoms with Gasteiger partial charge in [0, 0.05) is 6.42 Å². The van der Waals surface area contributed by atoms with Gasteiger partial charge in [-0.25, -0.2) is 4.79 Å². The van der Waals surface area contributed by atoms with Crippen molar-refractivity contribution in [2.75, 3.05) is 18.1 Å². The molecule has 0 aliphatic carbocycles. The van der Waals surface area contributed by atoms with E-state index in [1.165, 1.54) is 6.07 Å². The zero-order valence-electron chi connectivity index (χ0n) is 11.6. The number of hydrogen-bond donors (Lipinski definition) is 1. The van der Waals surface area contributed by atoms with Crippen molar-refractivity contribution in [2.24, 2.45) is 0 Å². The number of amides is 1. The van der Waals surface area contributed by atoms with Gasteiger partial charge < -0.3 is 14.7 Å². The second kappa shape index (κ2) is 6.41. The van der Waals surface area contributed by atoms with E-state index in [0.29, 0.717) is 31.0 Å². The Balaban J connectivity index is 2.22. The largest absolute Gasteiger partial charge is 0.489 e. The normalized spacial score (nSPS) is 13.6. The highest BCUT2D eigenvalue weighted by atomic mass is 16.5. The summed E-state index contributed by atoms with van der Waals surface area (Å²) in [6, 6.07) is 4.87. The van der Waals surface area contributed by atoms with Crippen LogP contribution < -0.4 is 9.64 Å². The molecule has 0 saturated carbocycles. The van der Waals surface area contributed by atoms with Crippen molar-refractivity contribution in [3.63, 3.8) is 0 Å². The van der Waals surface area contributed by atoms with Gasteiger partial charge in [0.25, 0.3) is 0 Å². The highest BCUT2D eigenvalue weighted by Crippen LogP contribution is 2.35. The fourth-order valence-electron chi connectivity index (χ4n) is 2.34. The Morgan fingerprint density at radius 2 is 2.15 bits per heavy atom. The van der Waals surface area contributed by atoms with Crippen LogP contribution in [0.2, 0.25) is 0 Å². The molecule has 5 nitrogen and oxygen atoms in total. The Labute approximate surface area is 118 Å². The van der Waals surface area contributed by atoms with Gasteiger partial charge in [-0.15, -0.1) is 0 Å². The van der Waals surface area contributed by atoms with Gasteiger partial charge in [-0.2, -0.15) is 0 Å². The summed E-state index contributed by atoms with van der Waals surface area (Å²) in [4.78, 5) is 25.1. The number of fused-ring (bicyclic) bond motifs is 1. The Bertz CT molecular complexity index is 513. The molecule has 0 unspecified atom stereocenters. The first-order valence-electron chi connectivity index (χ1n) is 6.94. The third-order valence-corrected chi connectivity index (χ3v) is 3.37. The van der Waals surface area contributed by atoms with Crippen molar-refractivity contribution in [3.8, 4) is 5.75 Å². The quantitative estimate of drug-likeness (QED) is 0.840. The van der Waals surface area contributed by atoms with Crippen molar-refractivity contribution in [1.82, 2.24) is 0 Å². The molecule has 1 heterocycles. The molecule has 1 amide bonds. The number of anilines is 1. The van der Waals surface area contributed by atoms with Crippen LogP contribution in [0.4, 0.5) is 5.69 Å². The zero-order chi connectivity index (χ0) is 14.5. The number of hydrogen-bond acceptors (Lipinski definition) is 3. The number of benzene rings is 1. The summed E-state index contributed by atoms with van der Waals surface area (Å²) in [5, 5.41) is 9.16. The minimum Gasteiger partial charge on any atom is -0.489 e. The Hall–Kier alpha value is -2.04. The number of rotatable bonds is 5. The van der Waals surface area contributed by atoms with Crippen molar-refractivity contribution >= 4 is 17.6 Å². The molecule has 1 N–H and O–H groups in total. The zero-order valence-corrected chi connectivity index (χ0v) is 11.6. The summed E-state index contributed by atoms with van der Waals surface area (Å²) in [6.45, 7) is 2.89. The fraction of sp³-hybridized carbons (Fsp3) is 0.467. The van der Waals surface area contributed by atoms with Gasteiger partial charge in [-0.05, 0) is 18.6 Å². The number of aromatic carboxylic acids is 1. The van der Waals surface area contributed by atoms with E-state index in [2.05, 4.69) is 6.92 Å². The maximum Gasteiger partial charge on any atom is 0.339 e. The average molecular weight is 277 g/mol. The molecule has 0 atom stereocenters.